The molecule has 2 aliphatic rings. The number of likely N-dealkylation sites (N-methyl/N-ethyl adjacent to an activating group) is 1. The van der Waals surface area contributed by atoms with E-state index in [0.29, 0.717) is 13.2 Å². The molecule has 0 aromatic heterocycles. The van der Waals surface area contributed by atoms with E-state index in [2.05, 4.69) is 80.9 Å². The number of ether oxygens (including phenoxy) is 2. The second-order valence-electron chi connectivity index (χ2n) is 12.2. The van der Waals surface area contributed by atoms with Gasteiger partial charge in [0.1, 0.15) is 5.76 Å². The number of hydrogen-bond donors (Lipinski definition) is 2. The average molecular weight is 593 g/mol. The molecule has 0 aromatic carbocycles. The number of rotatable bonds is 16. The predicted molar refractivity (Wildman–Crippen MR) is 181 cm³/mol. The Morgan fingerprint density at radius 3 is 2.63 bits per heavy atom. The Bertz CT molecular complexity index is 1140. The number of hydrogen-bond acceptors (Lipinski definition) is 7. The van der Waals surface area contributed by atoms with Gasteiger partial charge in [-0.15, -0.1) is 0 Å². The van der Waals surface area contributed by atoms with Crippen LogP contribution in [0.3, 0.4) is 0 Å². The second-order valence-corrected chi connectivity index (χ2v) is 12.2. The van der Waals surface area contributed by atoms with Gasteiger partial charge in [-0.05, 0) is 70.3 Å². The first-order valence-corrected chi connectivity index (χ1v) is 15.9. The summed E-state index contributed by atoms with van der Waals surface area (Å²) < 4.78 is 11.5. The molecule has 1 fully saturated rings. The van der Waals surface area contributed by atoms with E-state index in [4.69, 9.17) is 9.47 Å². The van der Waals surface area contributed by atoms with Gasteiger partial charge in [0.15, 0.2) is 0 Å². The Labute approximate surface area is 261 Å². The van der Waals surface area contributed by atoms with E-state index in [-0.39, 0.29) is 35.3 Å². The maximum atomic E-state index is 12.3. The molecule has 2 aliphatic carbocycles. The van der Waals surface area contributed by atoms with E-state index < -0.39 is 0 Å². The fourth-order valence-corrected chi connectivity index (χ4v) is 5.51. The van der Waals surface area contributed by atoms with Gasteiger partial charge in [0.2, 0.25) is 0 Å². The highest BCUT2D eigenvalue weighted by molar-refractivity contribution is 5.75. The van der Waals surface area contributed by atoms with E-state index in [1.165, 1.54) is 18.3 Å². The van der Waals surface area contributed by atoms with Crippen LogP contribution < -0.4 is 10.6 Å². The summed E-state index contributed by atoms with van der Waals surface area (Å²) in [5, 5.41) is 7.12. The van der Waals surface area contributed by atoms with Crippen molar-refractivity contribution in [2.75, 3.05) is 26.8 Å². The number of methoxy groups -OCH3 is 1. The normalized spacial score (nSPS) is 23.0. The number of carbonyl (C=O) groups is 1. The Morgan fingerprint density at radius 2 is 1.98 bits per heavy atom. The van der Waals surface area contributed by atoms with E-state index in [1.54, 1.807) is 6.20 Å². The summed E-state index contributed by atoms with van der Waals surface area (Å²) in [6.07, 6.45) is 20.6. The summed E-state index contributed by atoms with van der Waals surface area (Å²) in [4.78, 5) is 21.3. The third-order valence-electron chi connectivity index (χ3n) is 8.34. The van der Waals surface area contributed by atoms with Gasteiger partial charge in [0.25, 0.3) is 0 Å². The molecule has 0 aliphatic heterocycles. The Hall–Kier alpha value is -3.19. The zero-order valence-corrected chi connectivity index (χ0v) is 27.9. The first kappa shape index (κ1) is 36.0. The molecule has 0 amide bonds. The summed E-state index contributed by atoms with van der Waals surface area (Å²) in [6, 6.07) is 0. The lowest BCUT2D eigenvalue weighted by Gasteiger charge is -2.35. The smallest absolute Gasteiger partial charge is 0.309 e. The van der Waals surface area contributed by atoms with E-state index in [1.807, 2.05) is 37.6 Å². The molecule has 7 heteroatoms. The summed E-state index contributed by atoms with van der Waals surface area (Å²) >= 11 is 0. The molecule has 7 nitrogen and oxygen atoms in total. The SMILES string of the molecule is C=C/C(CNC(C)/N=C\C=C(/C)C(C)C=N/C=C\C)=C(\NCC)C1=CC=C(OC[C@H]2CCCC[C@@H]2C(=O)OC)C(C)(C)C1. The molecule has 2 unspecified atom stereocenters. The molecule has 238 valence electrons. The van der Waals surface area contributed by atoms with Crippen LogP contribution in [0.25, 0.3) is 0 Å². The highest BCUT2D eigenvalue weighted by Crippen LogP contribution is 2.41. The summed E-state index contributed by atoms with van der Waals surface area (Å²) in [6.45, 7) is 20.9. The van der Waals surface area contributed by atoms with Crippen molar-refractivity contribution in [3.05, 3.63) is 71.3 Å². The van der Waals surface area contributed by atoms with Crippen molar-refractivity contribution in [3.63, 3.8) is 0 Å². The third kappa shape index (κ3) is 11.4. The molecule has 0 saturated heterocycles. The number of carbonyl (C=O) groups excluding carboxylic acids is 1. The molecule has 43 heavy (non-hydrogen) atoms. The first-order chi connectivity index (χ1) is 20.6. The van der Waals surface area contributed by atoms with Crippen LogP contribution in [0.15, 0.2) is 81.3 Å². The summed E-state index contributed by atoms with van der Waals surface area (Å²) in [7, 11) is 1.48. The molecule has 0 aromatic rings. The minimum Gasteiger partial charge on any atom is -0.497 e. The maximum Gasteiger partial charge on any atom is 0.309 e. The minimum absolute atomic E-state index is 0.0563. The lowest BCUT2D eigenvalue weighted by Crippen LogP contribution is -2.33. The first-order valence-electron chi connectivity index (χ1n) is 15.9. The van der Waals surface area contributed by atoms with Gasteiger partial charge in [-0.3, -0.25) is 20.1 Å². The Kier molecular flexibility index (Phi) is 15.5. The van der Waals surface area contributed by atoms with Crippen LogP contribution in [0.4, 0.5) is 0 Å². The van der Waals surface area contributed by atoms with Gasteiger partial charge < -0.3 is 14.8 Å². The van der Waals surface area contributed by atoms with Gasteiger partial charge in [-0.25, -0.2) is 0 Å². The van der Waals surface area contributed by atoms with Crippen molar-refractivity contribution in [2.45, 2.75) is 86.7 Å². The second kappa shape index (κ2) is 18.5. The highest BCUT2D eigenvalue weighted by Gasteiger charge is 2.35. The predicted octanol–water partition coefficient (Wildman–Crippen LogP) is 7.47. The van der Waals surface area contributed by atoms with Crippen molar-refractivity contribution < 1.29 is 14.3 Å². The van der Waals surface area contributed by atoms with E-state index in [9.17, 15) is 4.79 Å². The summed E-state index contributed by atoms with van der Waals surface area (Å²) in [5.41, 5.74) is 4.45. The van der Waals surface area contributed by atoms with Crippen molar-refractivity contribution in [1.82, 2.24) is 10.6 Å². The lowest BCUT2D eigenvalue weighted by atomic mass is 9.78. The van der Waals surface area contributed by atoms with Crippen LogP contribution >= 0.6 is 0 Å². The zero-order valence-electron chi connectivity index (χ0n) is 27.9. The van der Waals surface area contributed by atoms with Gasteiger partial charge in [0.05, 0.1) is 25.8 Å². The molecule has 0 radical (unpaired) electrons. The zero-order chi connectivity index (χ0) is 31.8. The quantitative estimate of drug-likeness (QED) is 0.110. The van der Waals surface area contributed by atoms with Crippen LogP contribution in [0, 0.1) is 23.2 Å². The molecular weight excluding hydrogens is 536 g/mol. The summed E-state index contributed by atoms with van der Waals surface area (Å²) in [5.74, 6) is 1.24. The molecule has 0 bridgehead atoms. The number of nitrogens with one attached hydrogen (secondary N) is 2. The molecule has 0 heterocycles. The van der Waals surface area contributed by atoms with Crippen LogP contribution in [0.1, 0.15) is 80.6 Å². The molecular formula is C36H56N4O3. The van der Waals surface area contributed by atoms with Crippen molar-refractivity contribution in [2.24, 2.45) is 33.2 Å². The van der Waals surface area contributed by atoms with Gasteiger partial charge in [-0.1, -0.05) is 64.0 Å². The lowest BCUT2D eigenvalue weighted by molar-refractivity contribution is -0.149. The minimum atomic E-state index is -0.184. The third-order valence-corrected chi connectivity index (χ3v) is 8.34. The molecule has 0 spiro atoms. The highest BCUT2D eigenvalue weighted by atomic mass is 16.5. The fourth-order valence-electron chi connectivity index (χ4n) is 5.51. The molecule has 2 N–H and O–H groups in total. The largest absolute Gasteiger partial charge is 0.497 e. The fraction of sp³-hybridized carbons (Fsp3) is 0.583. The maximum absolute atomic E-state index is 12.3. The van der Waals surface area contributed by atoms with Crippen LogP contribution in [-0.2, 0) is 14.3 Å². The van der Waals surface area contributed by atoms with Gasteiger partial charge in [0, 0.05) is 54.7 Å². The molecule has 1 saturated carbocycles. The number of esters is 1. The van der Waals surface area contributed by atoms with Gasteiger partial charge >= 0.3 is 5.97 Å². The Morgan fingerprint density at radius 1 is 1.23 bits per heavy atom. The van der Waals surface area contributed by atoms with Crippen molar-refractivity contribution in [3.8, 4) is 0 Å². The van der Waals surface area contributed by atoms with Crippen LogP contribution in [0.2, 0.25) is 0 Å². The van der Waals surface area contributed by atoms with Crippen molar-refractivity contribution in [1.29, 1.82) is 0 Å². The number of allylic oxidation sites excluding steroid dienone is 7. The van der Waals surface area contributed by atoms with Crippen molar-refractivity contribution >= 4 is 18.4 Å². The number of aliphatic imine (C=N–C) groups is 2. The Balaban J connectivity index is 2.12. The van der Waals surface area contributed by atoms with Crippen LogP contribution in [0.5, 0.6) is 0 Å². The van der Waals surface area contributed by atoms with Gasteiger partial charge in [-0.2, -0.15) is 0 Å². The average Bonchev–Trinajstić information content (AvgIpc) is 2.99. The monoisotopic (exact) mass is 592 g/mol. The van der Waals surface area contributed by atoms with Crippen LogP contribution in [-0.4, -0.2) is 51.4 Å². The van der Waals surface area contributed by atoms with E-state index in [0.717, 1.165) is 55.7 Å². The molecule has 2 rings (SSSR count). The molecule has 4 atom stereocenters. The standard InChI is InChI=1S/C36H56N4O3/c1-10-20-37-23-27(5)26(4)19-21-39-28(6)40-24-29(11-2)34(38-12-3)30-17-18-33(36(7,8)22-30)43-25-31-15-13-14-16-32(31)35(41)42-9/h10-11,17-21,23,27-28,31-32,38,40H,2,12-16,22,24-25H2,1,3-9H3/b20-10-,26-19+,34-29+,37-23?,39-21-/t27?,28?,31-,32+/m1/s1. The van der Waals surface area contributed by atoms with E-state index >= 15 is 0 Å². The topological polar surface area (TPSA) is 84.3 Å². The number of nitrogens with zero attached hydrogens (tertiary/aromatic N) is 2.